The molecule has 2 aromatic carbocycles. The van der Waals surface area contributed by atoms with Crippen LogP contribution in [0.25, 0.3) is 0 Å². The van der Waals surface area contributed by atoms with E-state index in [9.17, 15) is 14.4 Å². The Morgan fingerprint density at radius 2 is 1.47 bits per heavy atom. The van der Waals surface area contributed by atoms with Gasteiger partial charge in [0.15, 0.2) is 5.82 Å². The quantitative estimate of drug-likeness (QED) is 0.310. The van der Waals surface area contributed by atoms with Gasteiger partial charge in [-0.15, -0.1) is 0 Å². The fourth-order valence-electron chi connectivity index (χ4n) is 3.11. The fraction of sp³-hybridized carbons (Fsp3) is 0.185. The highest BCUT2D eigenvalue weighted by atomic mass is 16.4. The van der Waals surface area contributed by atoms with Crippen molar-refractivity contribution in [2.24, 2.45) is 0 Å². The molecule has 0 saturated heterocycles. The maximum Gasteiger partial charge on any atom is 0.328 e. The van der Waals surface area contributed by atoms with Gasteiger partial charge in [0.1, 0.15) is 0 Å². The molecule has 3 rings (SSSR count). The smallest absolute Gasteiger partial charge is 0.328 e. The molecule has 4 N–H and O–H groups in total. The monoisotopic (exact) mass is 490 g/mol. The second-order valence-corrected chi connectivity index (χ2v) is 7.92. The van der Waals surface area contributed by atoms with E-state index in [4.69, 9.17) is 10.2 Å². The number of benzene rings is 2. The van der Waals surface area contributed by atoms with Gasteiger partial charge in [-0.3, -0.25) is 4.79 Å². The van der Waals surface area contributed by atoms with Gasteiger partial charge in [-0.2, -0.15) is 0 Å². The molecular formula is C27H30N4O5. The summed E-state index contributed by atoms with van der Waals surface area (Å²) in [6.07, 6.45) is 4.88. The molecule has 0 fully saturated rings. The Morgan fingerprint density at radius 1 is 0.861 bits per heavy atom. The van der Waals surface area contributed by atoms with Gasteiger partial charge < -0.3 is 25.7 Å². The van der Waals surface area contributed by atoms with Gasteiger partial charge >= 0.3 is 11.9 Å². The van der Waals surface area contributed by atoms with E-state index >= 15 is 0 Å². The van der Waals surface area contributed by atoms with E-state index in [1.165, 1.54) is 5.56 Å². The predicted molar refractivity (Wildman–Crippen MR) is 140 cm³/mol. The first-order chi connectivity index (χ1) is 17.3. The molecule has 1 heterocycles. The fourth-order valence-corrected chi connectivity index (χ4v) is 3.11. The van der Waals surface area contributed by atoms with Crippen molar-refractivity contribution in [2.75, 3.05) is 31.3 Å². The maximum atomic E-state index is 12.5. The van der Waals surface area contributed by atoms with Crippen molar-refractivity contribution >= 4 is 35.0 Å². The number of aliphatic carboxylic acids is 2. The first-order valence-electron chi connectivity index (χ1n) is 11.2. The zero-order valence-corrected chi connectivity index (χ0v) is 20.2. The van der Waals surface area contributed by atoms with Gasteiger partial charge in [0, 0.05) is 29.6 Å². The Bertz CT molecular complexity index is 1160. The number of para-hydroxylation sites is 1. The standard InChI is InChI=1S/C23H26N4O.C4H4O4/c1-27(2)17-9-13-18-10-6-7-14-20(18)25-22-21(15-8-16-24-22)26-23(28)19-11-4-3-5-12-19;5-3(6)1-2-4(7)8/h3-8,10-12,14-16H,9,13,17H2,1-2H3,(H,24,25)(H,26,28);1-2H,(H,5,6)(H,7,8). The molecule has 0 unspecified atom stereocenters. The summed E-state index contributed by atoms with van der Waals surface area (Å²) in [5, 5.41) is 22.0. The van der Waals surface area contributed by atoms with Crippen molar-refractivity contribution in [2.45, 2.75) is 12.8 Å². The number of aromatic nitrogens is 1. The van der Waals surface area contributed by atoms with Crippen LogP contribution in [0.5, 0.6) is 0 Å². The average molecular weight is 491 g/mol. The van der Waals surface area contributed by atoms with Crippen LogP contribution >= 0.6 is 0 Å². The Kier molecular flexibility index (Phi) is 11.3. The number of amides is 1. The molecule has 3 aromatic rings. The molecule has 0 spiro atoms. The predicted octanol–water partition coefficient (Wildman–Crippen LogP) is 4.28. The molecule has 0 atom stereocenters. The van der Waals surface area contributed by atoms with E-state index in [1.807, 2.05) is 48.5 Å². The molecule has 0 radical (unpaired) electrons. The van der Waals surface area contributed by atoms with Gasteiger partial charge in [0.05, 0.1) is 5.69 Å². The molecule has 0 aliphatic carbocycles. The lowest BCUT2D eigenvalue weighted by atomic mass is 10.1. The Morgan fingerprint density at radius 3 is 2.11 bits per heavy atom. The Balaban J connectivity index is 0.000000493. The van der Waals surface area contributed by atoms with Crippen LogP contribution in [0.4, 0.5) is 17.2 Å². The van der Waals surface area contributed by atoms with E-state index in [2.05, 4.69) is 40.7 Å². The number of rotatable bonds is 10. The van der Waals surface area contributed by atoms with Crippen LogP contribution in [-0.2, 0) is 16.0 Å². The molecule has 9 heteroatoms. The number of carbonyl (C=O) groups is 3. The Hall–Kier alpha value is -4.50. The zero-order chi connectivity index (χ0) is 26.3. The molecule has 0 bridgehead atoms. The lowest BCUT2D eigenvalue weighted by Gasteiger charge is -2.15. The van der Waals surface area contributed by atoms with Crippen molar-refractivity contribution in [3.8, 4) is 0 Å². The minimum atomic E-state index is -1.26. The third-order valence-corrected chi connectivity index (χ3v) is 4.78. The molecule has 188 valence electrons. The van der Waals surface area contributed by atoms with Gasteiger partial charge in [-0.25, -0.2) is 14.6 Å². The lowest BCUT2D eigenvalue weighted by Crippen LogP contribution is -2.14. The second kappa shape index (κ2) is 14.7. The number of nitrogens with one attached hydrogen (secondary N) is 2. The summed E-state index contributed by atoms with van der Waals surface area (Å²) < 4.78 is 0. The van der Waals surface area contributed by atoms with Crippen LogP contribution in [0.3, 0.4) is 0 Å². The number of aryl methyl sites for hydroxylation is 1. The number of nitrogens with zero attached hydrogens (tertiary/aromatic N) is 2. The van der Waals surface area contributed by atoms with Crippen molar-refractivity contribution in [3.63, 3.8) is 0 Å². The van der Waals surface area contributed by atoms with Crippen LogP contribution in [0.2, 0.25) is 0 Å². The van der Waals surface area contributed by atoms with Crippen LogP contribution in [-0.4, -0.2) is 58.6 Å². The highest BCUT2D eigenvalue weighted by Gasteiger charge is 2.11. The molecule has 1 amide bonds. The number of anilines is 3. The number of carboxylic acids is 2. The highest BCUT2D eigenvalue weighted by Crippen LogP contribution is 2.26. The van der Waals surface area contributed by atoms with E-state index in [-0.39, 0.29) is 5.91 Å². The normalized spacial score (nSPS) is 10.4. The second-order valence-electron chi connectivity index (χ2n) is 7.92. The van der Waals surface area contributed by atoms with Crippen LogP contribution in [0.1, 0.15) is 22.3 Å². The van der Waals surface area contributed by atoms with Crippen LogP contribution < -0.4 is 10.6 Å². The average Bonchev–Trinajstić information content (AvgIpc) is 2.85. The summed E-state index contributed by atoms with van der Waals surface area (Å²) in [6.45, 7) is 1.04. The molecule has 0 aliphatic heterocycles. The van der Waals surface area contributed by atoms with Crippen molar-refractivity contribution < 1.29 is 24.6 Å². The van der Waals surface area contributed by atoms with Gasteiger partial charge in [-0.1, -0.05) is 36.4 Å². The number of hydrogen-bond acceptors (Lipinski definition) is 6. The van der Waals surface area contributed by atoms with Crippen molar-refractivity contribution in [1.29, 1.82) is 0 Å². The number of hydrogen-bond donors (Lipinski definition) is 4. The van der Waals surface area contributed by atoms with Gasteiger partial charge in [0.25, 0.3) is 5.91 Å². The zero-order valence-electron chi connectivity index (χ0n) is 20.2. The van der Waals surface area contributed by atoms with E-state index in [1.54, 1.807) is 18.3 Å². The molecule has 1 aromatic heterocycles. The molecule has 0 aliphatic rings. The molecule has 9 nitrogen and oxygen atoms in total. The summed E-state index contributed by atoms with van der Waals surface area (Å²) in [7, 11) is 4.17. The summed E-state index contributed by atoms with van der Waals surface area (Å²) in [4.78, 5) is 38.2. The topological polar surface area (TPSA) is 132 Å². The maximum absolute atomic E-state index is 12.5. The summed E-state index contributed by atoms with van der Waals surface area (Å²) in [5.74, 6) is -2.04. The molecular weight excluding hydrogens is 460 g/mol. The summed E-state index contributed by atoms with van der Waals surface area (Å²) in [5.41, 5.74) is 3.51. The molecule has 36 heavy (non-hydrogen) atoms. The third kappa shape index (κ3) is 10.2. The summed E-state index contributed by atoms with van der Waals surface area (Å²) >= 11 is 0. The first kappa shape index (κ1) is 27.7. The number of pyridine rings is 1. The van der Waals surface area contributed by atoms with E-state index in [0.717, 1.165) is 25.1 Å². The van der Waals surface area contributed by atoms with E-state index in [0.29, 0.717) is 29.2 Å². The lowest BCUT2D eigenvalue weighted by molar-refractivity contribution is -0.134. The van der Waals surface area contributed by atoms with Crippen LogP contribution in [0, 0.1) is 0 Å². The Labute approximate surface area is 210 Å². The largest absolute Gasteiger partial charge is 0.478 e. The minimum absolute atomic E-state index is 0.157. The van der Waals surface area contributed by atoms with E-state index < -0.39 is 11.9 Å². The van der Waals surface area contributed by atoms with Crippen molar-refractivity contribution in [1.82, 2.24) is 9.88 Å². The molecule has 0 saturated carbocycles. The highest BCUT2D eigenvalue weighted by molar-refractivity contribution is 6.05. The van der Waals surface area contributed by atoms with Crippen molar-refractivity contribution in [3.05, 3.63) is 96.2 Å². The first-order valence-corrected chi connectivity index (χ1v) is 11.2. The number of carbonyl (C=O) groups excluding carboxylic acids is 1. The SMILES string of the molecule is CN(C)CCCc1ccccc1Nc1ncccc1NC(=O)c1ccccc1.O=C(O)C=CC(=O)O. The third-order valence-electron chi connectivity index (χ3n) is 4.78. The van der Waals surface area contributed by atoms with Gasteiger partial charge in [0.2, 0.25) is 0 Å². The van der Waals surface area contributed by atoms with Crippen LogP contribution in [0.15, 0.2) is 85.1 Å². The van der Waals surface area contributed by atoms with Gasteiger partial charge in [-0.05, 0) is 69.4 Å². The number of carboxylic acid groups (broad SMARTS) is 2. The summed E-state index contributed by atoms with van der Waals surface area (Å²) in [6, 6.07) is 21.1. The minimum Gasteiger partial charge on any atom is -0.478 e.